The number of anilines is 1. The minimum Gasteiger partial charge on any atom is -0.379 e. The molecule has 0 atom stereocenters. The minimum absolute atomic E-state index is 0.176. The van der Waals surface area contributed by atoms with Gasteiger partial charge in [0.15, 0.2) is 17.5 Å². The smallest absolute Gasteiger partial charge is 0.194 e. The van der Waals surface area contributed by atoms with E-state index in [-0.39, 0.29) is 5.69 Å². The Morgan fingerprint density at radius 1 is 1.25 bits per heavy atom. The van der Waals surface area contributed by atoms with Gasteiger partial charge in [0.25, 0.3) is 0 Å². The second kappa shape index (κ2) is 5.87. The number of aromatic nitrogens is 2. The first-order valence-electron chi connectivity index (χ1n) is 6.04. The van der Waals surface area contributed by atoms with Gasteiger partial charge >= 0.3 is 0 Å². The average Bonchev–Trinajstić information content (AvgIpc) is 2.69. The summed E-state index contributed by atoms with van der Waals surface area (Å²) in [7, 11) is 0. The van der Waals surface area contributed by atoms with Crippen LogP contribution in [-0.4, -0.2) is 9.78 Å². The first-order chi connectivity index (χ1) is 9.43. The van der Waals surface area contributed by atoms with E-state index in [1.807, 2.05) is 13.8 Å². The fourth-order valence-electron chi connectivity index (χ4n) is 1.88. The molecule has 3 nitrogen and oxygen atoms in total. The Morgan fingerprint density at radius 3 is 2.40 bits per heavy atom. The zero-order chi connectivity index (χ0) is 14.9. The van der Waals surface area contributed by atoms with E-state index < -0.39 is 17.5 Å². The Bertz CT molecular complexity index is 617. The Morgan fingerprint density at radius 2 is 1.85 bits per heavy atom. The molecule has 2 rings (SSSR count). The number of hydrogen-bond donors (Lipinski definition) is 1. The molecule has 1 aromatic heterocycles. The van der Waals surface area contributed by atoms with Gasteiger partial charge in [-0.1, -0.05) is 0 Å². The highest BCUT2D eigenvalue weighted by molar-refractivity contribution is 9.10. The molecule has 0 aliphatic carbocycles. The molecular formula is C13H13BrF3N3. The van der Waals surface area contributed by atoms with Crippen molar-refractivity contribution in [1.82, 2.24) is 9.78 Å². The molecule has 108 valence electrons. The molecule has 0 aliphatic heterocycles. The van der Waals surface area contributed by atoms with Gasteiger partial charge in [-0.25, -0.2) is 13.2 Å². The Kier molecular flexibility index (Phi) is 4.37. The SMILES string of the molecule is CCn1nc(C)c(Br)c1CNc1cc(F)c(F)c(F)c1. The van der Waals surface area contributed by atoms with Crippen molar-refractivity contribution in [2.75, 3.05) is 5.32 Å². The zero-order valence-electron chi connectivity index (χ0n) is 11.0. The number of nitrogens with zero attached hydrogens (tertiary/aromatic N) is 2. The van der Waals surface area contributed by atoms with Crippen LogP contribution in [-0.2, 0) is 13.1 Å². The lowest BCUT2D eigenvalue weighted by Crippen LogP contribution is -2.09. The first kappa shape index (κ1) is 14.9. The monoisotopic (exact) mass is 347 g/mol. The van der Waals surface area contributed by atoms with E-state index in [1.165, 1.54) is 0 Å². The summed E-state index contributed by atoms with van der Waals surface area (Å²) in [6.07, 6.45) is 0. The number of nitrogens with one attached hydrogen (secondary N) is 1. The van der Waals surface area contributed by atoms with Gasteiger partial charge < -0.3 is 5.32 Å². The molecule has 20 heavy (non-hydrogen) atoms. The summed E-state index contributed by atoms with van der Waals surface area (Å²) in [5, 5.41) is 7.17. The van der Waals surface area contributed by atoms with Crippen molar-refractivity contribution < 1.29 is 13.2 Å². The minimum atomic E-state index is -1.47. The lowest BCUT2D eigenvalue weighted by atomic mass is 10.2. The second-order valence-electron chi connectivity index (χ2n) is 4.27. The van der Waals surface area contributed by atoms with Crippen LogP contribution < -0.4 is 5.32 Å². The summed E-state index contributed by atoms with van der Waals surface area (Å²) >= 11 is 3.42. The van der Waals surface area contributed by atoms with Crippen LogP contribution in [0.3, 0.4) is 0 Å². The average molecular weight is 348 g/mol. The summed E-state index contributed by atoms with van der Waals surface area (Å²) in [4.78, 5) is 0. The predicted octanol–water partition coefficient (Wildman–Crippen LogP) is 4.00. The third kappa shape index (κ3) is 2.82. The molecule has 0 amide bonds. The van der Waals surface area contributed by atoms with E-state index in [4.69, 9.17) is 0 Å². The molecule has 1 N–H and O–H groups in total. The third-order valence-electron chi connectivity index (χ3n) is 2.90. The molecular weight excluding hydrogens is 335 g/mol. The fraction of sp³-hybridized carbons (Fsp3) is 0.308. The molecule has 2 aromatic rings. The van der Waals surface area contributed by atoms with Crippen LogP contribution in [0, 0.1) is 24.4 Å². The van der Waals surface area contributed by atoms with Gasteiger partial charge in [-0.15, -0.1) is 0 Å². The van der Waals surface area contributed by atoms with Crippen molar-refractivity contribution >= 4 is 21.6 Å². The van der Waals surface area contributed by atoms with Crippen LogP contribution in [0.25, 0.3) is 0 Å². The molecule has 0 saturated carbocycles. The summed E-state index contributed by atoms with van der Waals surface area (Å²) in [6, 6.07) is 1.84. The molecule has 0 aliphatic rings. The van der Waals surface area contributed by atoms with Crippen molar-refractivity contribution in [3.8, 4) is 0 Å². The molecule has 0 spiro atoms. The van der Waals surface area contributed by atoms with Gasteiger partial charge in [-0.05, 0) is 29.8 Å². The standard InChI is InChI=1S/C13H13BrF3N3/c1-3-20-11(12(14)7(2)19-20)6-18-8-4-9(15)13(17)10(16)5-8/h4-5,18H,3,6H2,1-2H3. The fourth-order valence-corrected chi connectivity index (χ4v) is 2.31. The number of aryl methyl sites for hydroxylation is 2. The van der Waals surface area contributed by atoms with E-state index in [1.54, 1.807) is 4.68 Å². The number of hydrogen-bond acceptors (Lipinski definition) is 2. The summed E-state index contributed by atoms with van der Waals surface area (Å²) in [5.74, 6) is -3.90. The summed E-state index contributed by atoms with van der Waals surface area (Å²) in [5.41, 5.74) is 1.87. The van der Waals surface area contributed by atoms with Crippen LogP contribution in [0.5, 0.6) is 0 Å². The lowest BCUT2D eigenvalue weighted by molar-refractivity contribution is 0.447. The molecule has 0 fully saturated rings. The van der Waals surface area contributed by atoms with Crippen LogP contribution in [0.15, 0.2) is 16.6 Å². The van der Waals surface area contributed by atoms with E-state index in [2.05, 4.69) is 26.3 Å². The number of benzene rings is 1. The van der Waals surface area contributed by atoms with Gasteiger partial charge in [0, 0.05) is 24.4 Å². The highest BCUT2D eigenvalue weighted by Gasteiger charge is 2.14. The maximum Gasteiger partial charge on any atom is 0.194 e. The molecule has 0 bridgehead atoms. The van der Waals surface area contributed by atoms with E-state index in [9.17, 15) is 13.2 Å². The lowest BCUT2D eigenvalue weighted by Gasteiger charge is -2.09. The van der Waals surface area contributed by atoms with E-state index >= 15 is 0 Å². The van der Waals surface area contributed by atoms with Gasteiger partial charge in [0.05, 0.1) is 22.4 Å². The van der Waals surface area contributed by atoms with Gasteiger partial charge in [-0.2, -0.15) is 5.10 Å². The van der Waals surface area contributed by atoms with Crippen LogP contribution in [0.1, 0.15) is 18.3 Å². The van der Waals surface area contributed by atoms with Crippen molar-refractivity contribution in [2.24, 2.45) is 0 Å². The quantitative estimate of drug-likeness (QED) is 0.847. The van der Waals surface area contributed by atoms with E-state index in [0.29, 0.717) is 13.1 Å². The van der Waals surface area contributed by atoms with Crippen molar-refractivity contribution in [1.29, 1.82) is 0 Å². The van der Waals surface area contributed by atoms with Gasteiger partial charge in [0.2, 0.25) is 0 Å². The molecule has 7 heteroatoms. The van der Waals surface area contributed by atoms with Crippen molar-refractivity contribution in [2.45, 2.75) is 26.9 Å². The number of rotatable bonds is 4. The molecule has 0 radical (unpaired) electrons. The maximum absolute atomic E-state index is 13.1. The number of halogens is 4. The van der Waals surface area contributed by atoms with Crippen LogP contribution in [0.2, 0.25) is 0 Å². The normalized spacial score (nSPS) is 10.9. The Hall–Kier alpha value is -1.50. The topological polar surface area (TPSA) is 29.9 Å². The Labute approximate surface area is 122 Å². The maximum atomic E-state index is 13.1. The van der Waals surface area contributed by atoms with Gasteiger partial charge in [0.1, 0.15) is 0 Å². The van der Waals surface area contributed by atoms with E-state index in [0.717, 1.165) is 28.0 Å². The highest BCUT2D eigenvalue weighted by Crippen LogP contribution is 2.23. The van der Waals surface area contributed by atoms with Crippen molar-refractivity contribution in [3.63, 3.8) is 0 Å². The molecule has 0 unspecified atom stereocenters. The first-order valence-corrected chi connectivity index (χ1v) is 6.83. The van der Waals surface area contributed by atoms with Crippen LogP contribution in [0.4, 0.5) is 18.9 Å². The van der Waals surface area contributed by atoms with Gasteiger partial charge in [-0.3, -0.25) is 4.68 Å². The summed E-state index contributed by atoms with van der Waals surface area (Å²) in [6.45, 7) is 4.80. The van der Waals surface area contributed by atoms with Crippen molar-refractivity contribution in [3.05, 3.63) is 45.4 Å². The van der Waals surface area contributed by atoms with Crippen LogP contribution >= 0.6 is 15.9 Å². The third-order valence-corrected chi connectivity index (χ3v) is 3.93. The largest absolute Gasteiger partial charge is 0.379 e. The molecule has 1 aromatic carbocycles. The second-order valence-corrected chi connectivity index (χ2v) is 5.06. The predicted molar refractivity (Wildman–Crippen MR) is 74.0 cm³/mol. The molecule has 0 saturated heterocycles. The zero-order valence-corrected chi connectivity index (χ0v) is 12.6. The molecule has 1 heterocycles. The highest BCUT2D eigenvalue weighted by atomic mass is 79.9. The Balaban J connectivity index is 2.21. The summed E-state index contributed by atoms with van der Waals surface area (Å²) < 4.78 is 41.7.